The molecule has 0 bridgehead atoms. The lowest BCUT2D eigenvalue weighted by atomic mass is 9.83. The summed E-state index contributed by atoms with van der Waals surface area (Å²) < 4.78 is 0. The molecule has 18 heavy (non-hydrogen) atoms. The van der Waals surface area contributed by atoms with Gasteiger partial charge in [0.15, 0.2) is 0 Å². The van der Waals surface area contributed by atoms with Gasteiger partial charge in [-0.15, -0.1) is 0 Å². The molecule has 0 aromatic heterocycles. The van der Waals surface area contributed by atoms with Crippen molar-refractivity contribution in [3.63, 3.8) is 0 Å². The third-order valence-electron chi connectivity index (χ3n) is 3.16. The van der Waals surface area contributed by atoms with Crippen LogP contribution in [0.2, 0.25) is 0 Å². The Morgan fingerprint density at radius 1 is 1.28 bits per heavy atom. The summed E-state index contributed by atoms with van der Waals surface area (Å²) in [6.45, 7) is 10.5. The summed E-state index contributed by atoms with van der Waals surface area (Å²) in [5.41, 5.74) is 2.16. The molecule has 1 aromatic carbocycles. The van der Waals surface area contributed by atoms with Gasteiger partial charge in [-0.25, -0.2) is 0 Å². The Kier molecular flexibility index (Phi) is 4.55. The molecule has 0 aliphatic rings. The maximum absolute atomic E-state index is 11.4. The van der Waals surface area contributed by atoms with Gasteiger partial charge in [-0.3, -0.25) is 4.79 Å². The molecular weight excluding hydrogens is 224 g/mol. The van der Waals surface area contributed by atoms with Crippen molar-refractivity contribution >= 4 is 5.97 Å². The lowest BCUT2D eigenvalue weighted by Gasteiger charge is -2.22. The van der Waals surface area contributed by atoms with E-state index in [4.69, 9.17) is 0 Å². The second-order valence-electron chi connectivity index (χ2n) is 6.40. The third-order valence-corrected chi connectivity index (χ3v) is 3.16. The van der Waals surface area contributed by atoms with E-state index in [0.717, 1.165) is 5.56 Å². The molecule has 1 unspecified atom stereocenters. The summed E-state index contributed by atoms with van der Waals surface area (Å²) >= 11 is 0. The summed E-state index contributed by atoms with van der Waals surface area (Å²) in [6, 6.07) is 8.00. The number of aliphatic carboxylic acids is 1. The van der Waals surface area contributed by atoms with E-state index < -0.39 is 11.9 Å². The van der Waals surface area contributed by atoms with Crippen LogP contribution in [-0.2, 0) is 10.2 Å². The van der Waals surface area contributed by atoms with E-state index in [1.165, 1.54) is 5.56 Å². The van der Waals surface area contributed by atoms with Gasteiger partial charge in [0.1, 0.15) is 0 Å². The van der Waals surface area contributed by atoms with Gasteiger partial charge in [0.25, 0.3) is 0 Å². The Bertz CT molecular complexity index is 413. The van der Waals surface area contributed by atoms with Crippen LogP contribution in [0.15, 0.2) is 24.3 Å². The number of carboxylic acids is 1. The van der Waals surface area contributed by atoms with Gasteiger partial charge in [-0.05, 0) is 28.9 Å². The van der Waals surface area contributed by atoms with Crippen molar-refractivity contribution in [2.45, 2.75) is 52.4 Å². The van der Waals surface area contributed by atoms with Crippen molar-refractivity contribution in [3.8, 4) is 0 Å². The Labute approximate surface area is 110 Å². The highest BCUT2D eigenvalue weighted by Crippen LogP contribution is 2.29. The second kappa shape index (κ2) is 5.55. The highest BCUT2D eigenvalue weighted by atomic mass is 16.4. The van der Waals surface area contributed by atoms with E-state index >= 15 is 0 Å². The number of rotatable bonds is 4. The molecule has 0 fully saturated rings. The predicted molar refractivity (Wildman–Crippen MR) is 75.0 cm³/mol. The van der Waals surface area contributed by atoms with Gasteiger partial charge in [-0.1, -0.05) is 58.9 Å². The molecule has 0 saturated heterocycles. The molecule has 100 valence electrons. The SMILES string of the molecule is CC(C)CC(C(=O)O)c1cccc(C(C)(C)C)c1. The summed E-state index contributed by atoms with van der Waals surface area (Å²) in [5, 5.41) is 9.37. The Balaban J connectivity index is 3.10. The highest BCUT2D eigenvalue weighted by molar-refractivity contribution is 5.76. The zero-order chi connectivity index (χ0) is 13.9. The van der Waals surface area contributed by atoms with Crippen LogP contribution in [0.1, 0.15) is 58.1 Å². The minimum absolute atomic E-state index is 0.0525. The molecule has 0 saturated carbocycles. The van der Waals surface area contributed by atoms with Crippen LogP contribution in [0.25, 0.3) is 0 Å². The van der Waals surface area contributed by atoms with Gasteiger partial charge >= 0.3 is 5.97 Å². The smallest absolute Gasteiger partial charge is 0.310 e. The summed E-state index contributed by atoms with van der Waals surface area (Å²) in [7, 11) is 0. The van der Waals surface area contributed by atoms with Gasteiger partial charge in [0.2, 0.25) is 0 Å². The monoisotopic (exact) mass is 248 g/mol. The van der Waals surface area contributed by atoms with Gasteiger partial charge in [0.05, 0.1) is 5.92 Å². The first-order valence-corrected chi connectivity index (χ1v) is 6.55. The molecule has 1 atom stereocenters. The lowest BCUT2D eigenvalue weighted by molar-refractivity contribution is -0.139. The molecule has 0 spiro atoms. The molecule has 0 aliphatic carbocycles. The minimum atomic E-state index is -0.727. The number of carboxylic acid groups (broad SMARTS) is 1. The van der Waals surface area contributed by atoms with Gasteiger partial charge in [-0.2, -0.15) is 0 Å². The first-order valence-electron chi connectivity index (χ1n) is 6.55. The Hall–Kier alpha value is -1.31. The minimum Gasteiger partial charge on any atom is -0.481 e. The average Bonchev–Trinajstić information content (AvgIpc) is 2.24. The van der Waals surface area contributed by atoms with Crippen molar-refractivity contribution in [2.75, 3.05) is 0 Å². The summed E-state index contributed by atoms with van der Waals surface area (Å²) in [4.78, 5) is 11.4. The maximum Gasteiger partial charge on any atom is 0.310 e. The van der Waals surface area contributed by atoms with Crippen molar-refractivity contribution in [3.05, 3.63) is 35.4 Å². The molecule has 0 heterocycles. The predicted octanol–water partition coefficient (Wildman–Crippen LogP) is 4.20. The van der Waals surface area contributed by atoms with Crippen LogP contribution in [-0.4, -0.2) is 11.1 Å². The van der Waals surface area contributed by atoms with Crippen LogP contribution in [0, 0.1) is 5.92 Å². The standard InChI is InChI=1S/C16H24O2/c1-11(2)9-14(15(17)18)12-7-6-8-13(10-12)16(3,4)5/h6-8,10-11,14H,9H2,1-5H3,(H,17,18). The van der Waals surface area contributed by atoms with Crippen molar-refractivity contribution in [1.82, 2.24) is 0 Å². The number of hydrogen-bond donors (Lipinski definition) is 1. The van der Waals surface area contributed by atoms with E-state index in [-0.39, 0.29) is 5.41 Å². The summed E-state index contributed by atoms with van der Waals surface area (Å²) in [5.74, 6) is -0.744. The average molecular weight is 248 g/mol. The maximum atomic E-state index is 11.4. The van der Waals surface area contributed by atoms with Crippen molar-refractivity contribution in [1.29, 1.82) is 0 Å². The number of hydrogen-bond acceptors (Lipinski definition) is 1. The number of carbonyl (C=O) groups is 1. The van der Waals surface area contributed by atoms with Crippen molar-refractivity contribution < 1.29 is 9.90 Å². The van der Waals surface area contributed by atoms with Gasteiger partial charge < -0.3 is 5.11 Å². The Morgan fingerprint density at radius 2 is 1.89 bits per heavy atom. The molecule has 2 heteroatoms. The van der Waals surface area contributed by atoms with Crippen LogP contribution < -0.4 is 0 Å². The fourth-order valence-electron chi connectivity index (χ4n) is 2.07. The first-order chi connectivity index (χ1) is 8.21. The van der Waals surface area contributed by atoms with E-state index in [1.54, 1.807) is 0 Å². The van der Waals surface area contributed by atoms with Crippen LogP contribution in [0.5, 0.6) is 0 Å². The van der Waals surface area contributed by atoms with Crippen LogP contribution in [0.4, 0.5) is 0 Å². The quantitative estimate of drug-likeness (QED) is 0.867. The zero-order valence-corrected chi connectivity index (χ0v) is 12.0. The molecule has 1 rings (SSSR count). The lowest BCUT2D eigenvalue weighted by Crippen LogP contribution is -2.16. The fraction of sp³-hybridized carbons (Fsp3) is 0.562. The van der Waals surface area contributed by atoms with E-state index in [9.17, 15) is 9.90 Å². The molecule has 0 radical (unpaired) electrons. The van der Waals surface area contributed by atoms with Crippen LogP contribution in [0.3, 0.4) is 0 Å². The van der Waals surface area contributed by atoms with Crippen molar-refractivity contribution in [2.24, 2.45) is 5.92 Å². The zero-order valence-electron chi connectivity index (χ0n) is 12.0. The fourth-order valence-corrected chi connectivity index (χ4v) is 2.07. The molecule has 2 nitrogen and oxygen atoms in total. The van der Waals surface area contributed by atoms with E-state index in [0.29, 0.717) is 12.3 Å². The van der Waals surface area contributed by atoms with Crippen LogP contribution >= 0.6 is 0 Å². The second-order valence-corrected chi connectivity index (χ2v) is 6.40. The molecule has 1 N–H and O–H groups in total. The van der Waals surface area contributed by atoms with E-state index in [2.05, 4.69) is 40.7 Å². The largest absolute Gasteiger partial charge is 0.481 e. The molecule has 0 amide bonds. The highest BCUT2D eigenvalue weighted by Gasteiger charge is 2.23. The van der Waals surface area contributed by atoms with E-state index in [1.807, 2.05) is 18.2 Å². The third kappa shape index (κ3) is 3.86. The molecule has 1 aromatic rings. The normalized spacial score (nSPS) is 13.7. The van der Waals surface area contributed by atoms with Gasteiger partial charge in [0, 0.05) is 0 Å². The summed E-state index contributed by atoms with van der Waals surface area (Å²) in [6.07, 6.45) is 0.683. The topological polar surface area (TPSA) is 37.3 Å². The molecular formula is C16H24O2. The first kappa shape index (κ1) is 14.7. The number of benzene rings is 1. The Morgan fingerprint density at radius 3 is 2.33 bits per heavy atom. The molecule has 0 aliphatic heterocycles.